The number of rotatable bonds is 5. The molecule has 2 rings (SSSR count). The fourth-order valence-corrected chi connectivity index (χ4v) is 2.77. The number of benzene rings is 1. The number of methoxy groups -OCH3 is 1. The number of aliphatic carboxylic acids is 1. The lowest BCUT2D eigenvalue weighted by Gasteiger charge is -2.27. The number of nitrogens with zero attached hydrogens (tertiary/aromatic N) is 1. The average Bonchev–Trinajstić information content (AvgIpc) is 3.01. The zero-order chi connectivity index (χ0) is 18.8. The predicted molar refractivity (Wildman–Crippen MR) is 80.8 cm³/mol. The first-order chi connectivity index (χ1) is 11.7. The van der Waals surface area contributed by atoms with Crippen LogP contribution >= 0.6 is 0 Å². The third kappa shape index (κ3) is 3.35. The van der Waals surface area contributed by atoms with Crippen LogP contribution in [0.25, 0.3) is 0 Å². The standard InChI is InChI=1S/C16H18F3NO5/c1-3-25-11-5-4-10(8-12(11)24-2)13(21)20-7-6-15(9-20,14(22)23)16(17,18)19/h4-5,8H,3,6-7,9H2,1-2H3,(H,22,23). The van der Waals surface area contributed by atoms with Gasteiger partial charge in [-0.25, -0.2) is 0 Å². The summed E-state index contributed by atoms with van der Waals surface area (Å²) in [6.45, 7) is 0.939. The van der Waals surface area contributed by atoms with E-state index in [1.807, 2.05) is 0 Å². The molecule has 9 heteroatoms. The Kier molecular flexibility index (Phi) is 5.15. The van der Waals surface area contributed by atoms with Gasteiger partial charge in [0.05, 0.1) is 13.7 Å². The summed E-state index contributed by atoms with van der Waals surface area (Å²) in [6, 6.07) is 4.26. The van der Waals surface area contributed by atoms with Crippen LogP contribution in [-0.2, 0) is 4.79 Å². The van der Waals surface area contributed by atoms with E-state index >= 15 is 0 Å². The van der Waals surface area contributed by atoms with Crippen LogP contribution in [-0.4, -0.2) is 54.9 Å². The van der Waals surface area contributed by atoms with Crippen LogP contribution in [0.2, 0.25) is 0 Å². The molecule has 1 saturated heterocycles. The molecule has 0 bridgehead atoms. The fourth-order valence-electron chi connectivity index (χ4n) is 2.77. The molecule has 0 spiro atoms. The van der Waals surface area contributed by atoms with Crippen molar-refractivity contribution in [2.24, 2.45) is 5.41 Å². The SMILES string of the molecule is CCOc1ccc(C(=O)N2CCC(C(=O)O)(C(F)(F)F)C2)cc1OC. The van der Waals surface area contributed by atoms with Gasteiger partial charge in [-0.3, -0.25) is 9.59 Å². The van der Waals surface area contributed by atoms with E-state index in [0.29, 0.717) is 12.4 Å². The van der Waals surface area contributed by atoms with Crippen LogP contribution in [0.1, 0.15) is 23.7 Å². The first kappa shape index (κ1) is 18.9. The van der Waals surface area contributed by atoms with Gasteiger partial charge in [0, 0.05) is 18.7 Å². The quantitative estimate of drug-likeness (QED) is 0.872. The summed E-state index contributed by atoms with van der Waals surface area (Å²) in [6.07, 6.45) is -5.61. The van der Waals surface area contributed by atoms with Crippen molar-refractivity contribution in [3.05, 3.63) is 23.8 Å². The number of carbonyl (C=O) groups is 2. The largest absolute Gasteiger partial charge is 0.493 e. The van der Waals surface area contributed by atoms with Gasteiger partial charge in [0.25, 0.3) is 5.91 Å². The number of carboxylic acid groups (broad SMARTS) is 1. The van der Waals surface area contributed by atoms with E-state index < -0.39 is 36.4 Å². The maximum Gasteiger partial charge on any atom is 0.406 e. The summed E-state index contributed by atoms with van der Waals surface area (Å²) >= 11 is 0. The third-order valence-electron chi connectivity index (χ3n) is 4.22. The summed E-state index contributed by atoms with van der Waals surface area (Å²) in [4.78, 5) is 24.6. The number of carbonyl (C=O) groups excluding carboxylic acids is 1. The number of hydrogen-bond donors (Lipinski definition) is 1. The van der Waals surface area contributed by atoms with Crippen LogP contribution in [0.4, 0.5) is 13.2 Å². The molecule has 1 aromatic carbocycles. The van der Waals surface area contributed by atoms with Gasteiger partial charge in [0.15, 0.2) is 16.9 Å². The molecule has 0 aliphatic carbocycles. The molecule has 1 aromatic rings. The summed E-state index contributed by atoms with van der Waals surface area (Å²) in [7, 11) is 1.38. The van der Waals surface area contributed by atoms with E-state index in [0.717, 1.165) is 4.90 Å². The number of amides is 1. The number of ether oxygens (including phenoxy) is 2. The third-order valence-corrected chi connectivity index (χ3v) is 4.22. The monoisotopic (exact) mass is 361 g/mol. The maximum atomic E-state index is 13.2. The van der Waals surface area contributed by atoms with Crippen molar-refractivity contribution >= 4 is 11.9 Å². The van der Waals surface area contributed by atoms with Crippen molar-refractivity contribution in [2.45, 2.75) is 19.5 Å². The van der Waals surface area contributed by atoms with E-state index in [1.165, 1.54) is 25.3 Å². The number of alkyl halides is 3. The molecule has 1 fully saturated rings. The van der Waals surface area contributed by atoms with Crippen molar-refractivity contribution in [1.82, 2.24) is 4.90 Å². The highest BCUT2D eigenvalue weighted by Gasteiger charge is 2.64. The number of likely N-dealkylation sites (tertiary alicyclic amines) is 1. The Bertz CT molecular complexity index is 676. The second kappa shape index (κ2) is 6.81. The lowest BCUT2D eigenvalue weighted by molar-refractivity contribution is -0.227. The molecule has 138 valence electrons. The van der Waals surface area contributed by atoms with Crippen molar-refractivity contribution in [3.8, 4) is 11.5 Å². The molecule has 1 amide bonds. The van der Waals surface area contributed by atoms with Crippen molar-refractivity contribution in [2.75, 3.05) is 26.8 Å². The Hall–Kier alpha value is -2.45. The first-order valence-corrected chi connectivity index (χ1v) is 7.56. The van der Waals surface area contributed by atoms with Gasteiger partial charge in [-0.05, 0) is 31.5 Å². The van der Waals surface area contributed by atoms with Crippen LogP contribution in [0.15, 0.2) is 18.2 Å². The van der Waals surface area contributed by atoms with E-state index in [9.17, 15) is 22.8 Å². The second-order valence-electron chi connectivity index (χ2n) is 5.66. The minimum absolute atomic E-state index is 0.101. The Balaban J connectivity index is 2.26. The lowest BCUT2D eigenvalue weighted by Crippen LogP contribution is -2.47. The number of carboxylic acids is 1. The van der Waals surface area contributed by atoms with Crippen LogP contribution < -0.4 is 9.47 Å². The molecule has 1 unspecified atom stereocenters. The van der Waals surface area contributed by atoms with Gasteiger partial charge in [-0.15, -0.1) is 0 Å². The van der Waals surface area contributed by atoms with E-state index in [-0.39, 0.29) is 17.9 Å². The minimum atomic E-state index is -4.94. The zero-order valence-corrected chi connectivity index (χ0v) is 13.7. The molecular formula is C16H18F3NO5. The summed E-state index contributed by atoms with van der Waals surface area (Å²) in [5.74, 6) is -1.99. The average molecular weight is 361 g/mol. The first-order valence-electron chi connectivity index (χ1n) is 7.56. The van der Waals surface area contributed by atoms with Crippen molar-refractivity contribution in [3.63, 3.8) is 0 Å². The highest BCUT2D eigenvalue weighted by molar-refractivity contribution is 5.95. The Morgan fingerprint density at radius 3 is 2.48 bits per heavy atom. The van der Waals surface area contributed by atoms with Gasteiger partial charge < -0.3 is 19.5 Å². The molecule has 1 heterocycles. The Morgan fingerprint density at radius 2 is 2.00 bits per heavy atom. The molecule has 1 aliphatic rings. The van der Waals surface area contributed by atoms with Gasteiger partial charge >= 0.3 is 12.1 Å². The smallest absolute Gasteiger partial charge is 0.406 e. The highest BCUT2D eigenvalue weighted by atomic mass is 19.4. The van der Waals surface area contributed by atoms with Gasteiger partial charge in [-0.2, -0.15) is 13.2 Å². The van der Waals surface area contributed by atoms with Gasteiger partial charge in [0.1, 0.15) is 0 Å². The summed E-state index contributed by atoms with van der Waals surface area (Å²) in [5, 5.41) is 9.05. The molecule has 6 nitrogen and oxygen atoms in total. The summed E-state index contributed by atoms with van der Waals surface area (Å²) < 4.78 is 50.1. The van der Waals surface area contributed by atoms with E-state index in [4.69, 9.17) is 14.6 Å². The minimum Gasteiger partial charge on any atom is -0.493 e. The Labute approximate surface area is 142 Å². The van der Waals surface area contributed by atoms with Gasteiger partial charge in [0.2, 0.25) is 0 Å². The van der Waals surface area contributed by atoms with Crippen LogP contribution in [0.3, 0.4) is 0 Å². The van der Waals surface area contributed by atoms with E-state index in [2.05, 4.69) is 0 Å². The lowest BCUT2D eigenvalue weighted by atomic mass is 9.86. The zero-order valence-electron chi connectivity index (χ0n) is 13.7. The van der Waals surface area contributed by atoms with Gasteiger partial charge in [-0.1, -0.05) is 0 Å². The van der Waals surface area contributed by atoms with Crippen LogP contribution in [0, 0.1) is 5.41 Å². The second-order valence-corrected chi connectivity index (χ2v) is 5.66. The van der Waals surface area contributed by atoms with Crippen LogP contribution in [0.5, 0.6) is 11.5 Å². The molecule has 1 N–H and O–H groups in total. The normalized spacial score (nSPS) is 20.4. The molecule has 1 aliphatic heterocycles. The topological polar surface area (TPSA) is 76.1 Å². The Morgan fingerprint density at radius 1 is 1.32 bits per heavy atom. The number of hydrogen-bond acceptors (Lipinski definition) is 4. The highest BCUT2D eigenvalue weighted by Crippen LogP contribution is 2.46. The fraction of sp³-hybridized carbons (Fsp3) is 0.500. The number of halogens is 3. The molecular weight excluding hydrogens is 343 g/mol. The van der Waals surface area contributed by atoms with E-state index in [1.54, 1.807) is 6.92 Å². The molecule has 0 saturated carbocycles. The predicted octanol–water partition coefficient (Wildman–Crippen LogP) is 2.57. The molecule has 25 heavy (non-hydrogen) atoms. The van der Waals surface area contributed by atoms with Crippen molar-refractivity contribution < 1.29 is 37.3 Å². The molecule has 1 atom stereocenters. The molecule has 0 aromatic heterocycles. The van der Waals surface area contributed by atoms with Crippen molar-refractivity contribution in [1.29, 1.82) is 0 Å². The summed E-state index contributed by atoms with van der Waals surface area (Å²) in [5.41, 5.74) is -2.83. The maximum absolute atomic E-state index is 13.2. The molecule has 0 radical (unpaired) electrons.